The molecule has 152 valence electrons. The number of benzene rings is 1. The second-order valence-corrected chi connectivity index (χ2v) is 7.72. The number of nitrogens with zero attached hydrogens (tertiary/aromatic N) is 3. The highest BCUT2D eigenvalue weighted by Crippen LogP contribution is 2.31. The van der Waals surface area contributed by atoms with Crippen LogP contribution in [0.4, 0.5) is 0 Å². The molecule has 29 heavy (non-hydrogen) atoms. The fourth-order valence-corrected chi connectivity index (χ4v) is 3.66. The normalized spacial score (nSPS) is 15.9. The van der Waals surface area contributed by atoms with Gasteiger partial charge in [-0.05, 0) is 55.2 Å². The van der Waals surface area contributed by atoms with Crippen molar-refractivity contribution in [1.29, 1.82) is 0 Å². The van der Waals surface area contributed by atoms with Crippen molar-refractivity contribution in [1.82, 2.24) is 20.4 Å². The third-order valence-electron chi connectivity index (χ3n) is 5.49. The van der Waals surface area contributed by atoms with Crippen LogP contribution in [0.25, 0.3) is 0 Å². The van der Waals surface area contributed by atoms with Crippen LogP contribution >= 0.6 is 0 Å². The standard InChI is InChI=1S/C23H28N4O2/c1-17(23-26-22(27-29-23)20-5-3-2-4-6-20)25-15-18-7-9-21(10-8-18)28-16-19-11-13-24-14-12-19/h7-14,17,20,25H,2-6,15-16H2,1H3. The largest absolute Gasteiger partial charge is 0.489 e. The number of ether oxygens (including phenoxy) is 1. The van der Waals surface area contributed by atoms with E-state index in [1.165, 1.54) is 37.7 Å². The molecular weight excluding hydrogens is 364 g/mol. The van der Waals surface area contributed by atoms with E-state index in [2.05, 4.69) is 39.5 Å². The zero-order valence-electron chi connectivity index (χ0n) is 16.9. The van der Waals surface area contributed by atoms with Crippen molar-refractivity contribution in [3.63, 3.8) is 0 Å². The lowest BCUT2D eigenvalue weighted by atomic mass is 9.89. The van der Waals surface area contributed by atoms with Crippen molar-refractivity contribution >= 4 is 0 Å². The first-order valence-electron chi connectivity index (χ1n) is 10.5. The number of hydrogen-bond donors (Lipinski definition) is 1. The van der Waals surface area contributed by atoms with Crippen molar-refractivity contribution in [3.8, 4) is 5.75 Å². The molecule has 0 spiro atoms. The van der Waals surface area contributed by atoms with Gasteiger partial charge in [-0.2, -0.15) is 4.98 Å². The van der Waals surface area contributed by atoms with Crippen molar-refractivity contribution in [2.75, 3.05) is 0 Å². The Labute approximate surface area is 171 Å². The summed E-state index contributed by atoms with van der Waals surface area (Å²) >= 11 is 0. The van der Waals surface area contributed by atoms with E-state index in [0.717, 1.165) is 23.7 Å². The van der Waals surface area contributed by atoms with Gasteiger partial charge in [0, 0.05) is 24.9 Å². The Kier molecular flexibility index (Phi) is 6.52. The second kappa shape index (κ2) is 9.65. The number of rotatable bonds is 8. The number of hydrogen-bond acceptors (Lipinski definition) is 6. The van der Waals surface area contributed by atoms with Gasteiger partial charge in [0.1, 0.15) is 12.4 Å². The average Bonchev–Trinajstić information content (AvgIpc) is 3.29. The van der Waals surface area contributed by atoms with E-state index in [1.807, 2.05) is 24.3 Å². The molecular formula is C23H28N4O2. The fourth-order valence-electron chi connectivity index (χ4n) is 3.66. The molecule has 1 N–H and O–H groups in total. The van der Waals surface area contributed by atoms with Crippen LogP contribution in [0.15, 0.2) is 53.3 Å². The molecule has 1 atom stereocenters. The van der Waals surface area contributed by atoms with Gasteiger partial charge in [0.2, 0.25) is 5.89 Å². The molecule has 1 aliphatic rings. The molecule has 1 unspecified atom stereocenters. The van der Waals surface area contributed by atoms with Crippen LogP contribution < -0.4 is 10.1 Å². The molecule has 6 heteroatoms. The van der Waals surface area contributed by atoms with Gasteiger partial charge in [0.25, 0.3) is 0 Å². The van der Waals surface area contributed by atoms with E-state index in [4.69, 9.17) is 9.26 Å². The number of aromatic nitrogens is 3. The van der Waals surface area contributed by atoms with Crippen molar-refractivity contribution < 1.29 is 9.26 Å². The first kappa shape index (κ1) is 19.6. The van der Waals surface area contributed by atoms with E-state index >= 15 is 0 Å². The van der Waals surface area contributed by atoms with Crippen LogP contribution in [0.2, 0.25) is 0 Å². The summed E-state index contributed by atoms with van der Waals surface area (Å²) < 4.78 is 11.3. The van der Waals surface area contributed by atoms with Crippen LogP contribution in [0.1, 0.15) is 73.8 Å². The van der Waals surface area contributed by atoms with Gasteiger partial charge in [-0.25, -0.2) is 0 Å². The van der Waals surface area contributed by atoms with Gasteiger partial charge < -0.3 is 14.6 Å². The van der Waals surface area contributed by atoms with Gasteiger partial charge in [0.05, 0.1) is 6.04 Å². The minimum Gasteiger partial charge on any atom is -0.489 e. The minimum atomic E-state index is 0.0162. The van der Waals surface area contributed by atoms with E-state index in [0.29, 0.717) is 18.4 Å². The lowest BCUT2D eigenvalue weighted by Crippen LogP contribution is -2.18. The molecule has 0 saturated heterocycles. The topological polar surface area (TPSA) is 73.1 Å². The Hall–Kier alpha value is -2.73. The third kappa shape index (κ3) is 5.41. The minimum absolute atomic E-state index is 0.0162. The van der Waals surface area contributed by atoms with Crippen molar-refractivity contribution in [3.05, 3.63) is 71.6 Å². The molecule has 0 amide bonds. The molecule has 6 nitrogen and oxygen atoms in total. The first-order chi connectivity index (χ1) is 14.3. The quantitative estimate of drug-likeness (QED) is 0.585. The summed E-state index contributed by atoms with van der Waals surface area (Å²) in [5.41, 5.74) is 2.28. The monoisotopic (exact) mass is 392 g/mol. The average molecular weight is 393 g/mol. The Morgan fingerprint density at radius 3 is 2.55 bits per heavy atom. The Balaban J connectivity index is 1.26. The fraction of sp³-hybridized carbons (Fsp3) is 0.435. The summed E-state index contributed by atoms with van der Waals surface area (Å²) in [6.45, 7) is 3.33. The highest BCUT2D eigenvalue weighted by Gasteiger charge is 2.22. The maximum absolute atomic E-state index is 5.82. The molecule has 1 fully saturated rings. The molecule has 0 aliphatic heterocycles. The van der Waals surface area contributed by atoms with Crippen LogP contribution in [0, 0.1) is 0 Å². The first-order valence-corrected chi connectivity index (χ1v) is 10.5. The highest BCUT2D eigenvalue weighted by atomic mass is 16.5. The van der Waals surface area contributed by atoms with Gasteiger partial charge in [0.15, 0.2) is 5.82 Å². The van der Waals surface area contributed by atoms with Gasteiger partial charge in [-0.3, -0.25) is 4.98 Å². The maximum atomic E-state index is 5.82. The zero-order valence-corrected chi connectivity index (χ0v) is 16.9. The van der Waals surface area contributed by atoms with Crippen molar-refractivity contribution in [2.24, 2.45) is 0 Å². The van der Waals surface area contributed by atoms with E-state index in [-0.39, 0.29) is 6.04 Å². The molecule has 1 aromatic carbocycles. The Morgan fingerprint density at radius 2 is 1.79 bits per heavy atom. The predicted octanol–water partition coefficient (Wildman–Crippen LogP) is 4.94. The molecule has 2 aromatic heterocycles. The lowest BCUT2D eigenvalue weighted by Gasteiger charge is -2.17. The van der Waals surface area contributed by atoms with Crippen molar-refractivity contribution in [2.45, 2.75) is 64.1 Å². The van der Waals surface area contributed by atoms with Crippen LogP contribution in [0.5, 0.6) is 5.75 Å². The molecule has 0 radical (unpaired) electrons. The smallest absolute Gasteiger partial charge is 0.243 e. The molecule has 0 bridgehead atoms. The second-order valence-electron chi connectivity index (χ2n) is 7.72. The Bertz CT molecular complexity index is 873. The SMILES string of the molecule is CC(NCc1ccc(OCc2ccncc2)cc1)c1nc(C2CCCCC2)no1. The highest BCUT2D eigenvalue weighted by molar-refractivity contribution is 5.27. The summed E-state index contributed by atoms with van der Waals surface area (Å²) in [5.74, 6) is 2.87. The summed E-state index contributed by atoms with van der Waals surface area (Å²) in [7, 11) is 0. The summed E-state index contributed by atoms with van der Waals surface area (Å²) in [4.78, 5) is 8.66. The zero-order chi connectivity index (χ0) is 19.9. The van der Waals surface area contributed by atoms with Crippen LogP contribution in [0.3, 0.4) is 0 Å². The molecule has 1 aliphatic carbocycles. The van der Waals surface area contributed by atoms with Crippen LogP contribution in [-0.4, -0.2) is 15.1 Å². The van der Waals surface area contributed by atoms with Gasteiger partial charge >= 0.3 is 0 Å². The molecule has 1 saturated carbocycles. The lowest BCUT2D eigenvalue weighted by molar-refractivity contribution is 0.306. The van der Waals surface area contributed by atoms with Gasteiger partial charge in [-0.15, -0.1) is 0 Å². The third-order valence-corrected chi connectivity index (χ3v) is 5.49. The molecule has 3 aromatic rings. The number of pyridine rings is 1. The van der Waals surface area contributed by atoms with E-state index < -0.39 is 0 Å². The maximum Gasteiger partial charge on any atom is 0.243 e. The van der Waals surface area contributed by atoms with E-state index in [9.17, 15) is 0 Å². The van der Waals surface area contributed by atoms with Crippen LogP contribution in [-0.2, 0) is 13.2 Å². The van der Waals surface area contributed by atoms with Gasteiger partial charge in [-0.1, -0.05) is 36.6 Å². The summed E-state index contributed by atoms with van der Waals surface area (Å²) in [5, 5.41) is 7.69. The summed E-state index contributed by atoms with van der Waals surface area (Å²) in [6, 6.07) is 12.1. The summed E-state index contributed by atoms with van der Waals surface area (Å²) in [6.07, 6.45) is 9.76. The molecule has 4 rings (SSSR count). The molecule has 2 heterocycles. The predicted molar refractivity (Wildman–Crippen MR) is 110 cm³/mol. The van der Waals surface area contributed by atoms with E-state index in [1.54, 1.807) is 12.4 Å². The number of nitrogens with one attached hydrogen (secondary N) is 1. The Morgan fingerprint density at radius 1 is 1.03 bits per heavy atom.